The van der Waals surface area contributed by atoms with Crippen molar-refractivity contribution in [2.75, 3.05) is 4.90 Å². The average molecular weight is 587 g/mol. The summed E-state index contributed by atoms with van der Waals surface area (Å²) in [4.78, 5) is 2.38. The van der Waals surface area contributed by atoms with Crippen molar-refractivity contribution in [2.45, 2.75) is 0 Å². The van der Waals surface area contributed by atoms with Crippen LogP contribution in [-0.4, -0.2) is 4.57 Å². The molecule has 46 heavy (non-hydrogen) atoms. The topological polar surface area (TPSA) is 8.17 Å². The summed E-state index contributed by atoms with van der Waals surface area (Å²) in [6, 6.07) is 65.6. The van der Waals surface area contributed by atoms with Crippen LogP contribution in [0.2, 0.25) is 0 Å². The minimum Gasteiger partial charge on any atom is -0.310 e. The van der Waals surface area contributed by atoms with E-state index in [2.05, 4.69) is 191 Å². The molecule has 0 atom stereocenters. The second kappa shape index (κ2) is 10.8. The summed E-state index contributed by atoms with van der Waals surface area (Å²) in [5, 5.41) is 7.51. The van der Waals surface area contributed by atoms with Crippen LogP contribution in [0, 0.1) is 0 Å². The minimum atomic E-state index is 1.12. The van der Waals surface area contributed by atoms with E-state index in [-0.39, 0.29) is 0 Å². The first kappa shape index (κ1) is 26.3. The number of hydrogen-bond acceptors (Lipinski definition) is 1. The van der Waals surface area contributed by atoms with E-state index in [1.165, 1.54) is 60.2 Å². The number of fused-ring (bicyclic) bond motifs is 6. The monoisotopic (exact) mass is 586 g/mol. The molecule has 9 rings (SSSR count). The molecule has 0 amide bonds. The van der Waals surface area contributed by atoms with E-state index in [0.29, 0.717) is 0 Å². The molecule has 0 radical (unpaired) electrons. The Labute approximate surface area is 268 Å². The third kappa shape index (κ3) is 4.19. The molecule has 1 aromatic heterocycles. The lowest BCUT2D eigenvalue weighted by Gasteiger charge is -2.28. The molecule has 8 aromatic carbocycles. The molecule has 216 valence electrons. The van der Waals surface area contributed by atoms with Gasteiger partial charge in [-0.05, 0) is 70.4 Å². The lowest BCUT2D eigenvalue weighted by molar-refractivity contribution is 1.19. The van der Waals surface area contributed by atoms with Gasteiger partial charge >= 0.3 is 0 Å². The molecule has 0 unspecified atom stereocenters. The van der Waals surface area contributed by atoms with Crippen LogP contribution in [0.3, 0.4) is 0 Å². The number of nitrogens with zero attached hydrogens (tertiary/aromatic N) is 2. The lowest BCUT2D eigenvalue weighted by atomic mass is 10.0. The fraction of sp³-hybridized carbons (Fsp3) is 0. The quantitative estimate of drug-likeness (QED) is 0.195. The molecule has 1 heterocycles. The second-order valence-electron chi connectivity index (χ2n) is 11.8. The van der Waals surface area contributed by atoms with E-state index in [1.807, 2.05) is 0 Å². The highest BCUT2D eigenvalue weighted by Gasteiger charge is 2.20. The Hall–Kier alpha value is -6.12. The highest BCUT2D eigenvalue weighted by atomic mass is 15.1. The van der Waals surface area contributed by atoms with E-state index in [4.69, 9.17) is 0 Å². The van der Waals surface area contributed by atoms with Crippen molar-refractivity contribution in [3.05, 3.63) is 182 Å². The Kier molecular flexibility index (Phi) is 6.17. The van der Waals surface area contributed by atoms with Gasteiger partial charge in [0.1, 0.15) is 0 Å². The SMILES string of the molecule is c1ccc(-c2ccc(N(c3ccccc3)c3ccc(-n4c5ccccc5c5c6ccccc6ccc54)c4ccccc34)cc2)cc1. The van der Waals surface area contributed by atoms with Crippen molar-refractivity contribution in [1.29, 1.82) is 0 Å². The Morgan fingerprint density at radius 1 is 0.348 bits per heavy atom. The summed E-state index contributed by atoms with van der Waals surface area (Å²) in [6.07, 6.45) is 0. The number of anilines is 3. The van der Waals surface area contributed by atoms with Gasteiger partial charge in [0.05, 0.1) is 22.4 Å². The van der Waals surface area contributed by atoms with E-state index >= 15 is 0 Å². The van der Waals surface area contributed by atoms with E-state index < -0.39 is 0 Å². The first-order valence-electron chi connectivity index (χ1n) is 15.8. The standard InChI is InChI=1S/C44H30N2/c1-3-13-31(14-4-1)32-23-26-35(27-24-32)45(34-16-5-2-6-17-34)41-29-30-42(38-20-10-9-19-37(38)41)46-40-22-12-11-21-39(40)44-36-18-8-7-15-33(36)25-28-43(44)46/h1-30H. The van der Waals surface area contributed by atoms with E-state index in [0.717, 1.165) is 17.1 Å². The molecule has 2 nitrogen and oxygen atoms in total. The van der Waals surface area contributed by atoms with Crippen molar-refractivity contribution < 1.29 is 0 Å². The van der Waals surface area contributed by atoms with Crippen LogP contribution in [0.5, 0.6) is 0 Å². The summed E-state index contributed by atoms with van der Waals surface area (Å²) >= 11 is 0. The lowest BCUT2D eigenvalue weighted by Crippen LogP contribution is -2.11. The van der Waals surface area contributed by atoms with Crippen molar-refractivity contribution >= 4 is 60.4 Å². The number of rotatable bonds is 5. The van der Waals surface area contributed by atoms with Gasteiger partial charge in [0.2, 0.25) is 0 Å². The van der Waals surface area contributed by atoms with Crippen molar-refractivity contribution in [2.24, 2.45) is 0 Å². The first-order chi connectivity index (χ1) is 22.8. The van der Waals surface area contributed by atoms with Gasteiger partial charge < -0.3 is 9.47 Å². The molecular formula is C44H30N2. The molecule has 0 fully saturated rings. The summed E-state index contributed by atoms with van der Waals surface area (Å²) < 4.78 is 2.45. The number of aromatic nitrogens is 1. The van der Waals surface area contributed by atoms with Crippen LogP contribution in [-0.2, 0) is 0 Å². The zero-order chi connectivity index (χ0) is 30.5. The van der Waals surface area contributed by atoms with Gasteiger partial charge in [0, 0.05) is 32.9 Å². The summed E-state index contributed by atoms with van der Waals surface area (Å²) in [5.41, 5.74) is 9.41. The smallest absolute Gasteiger partial charge is 0.0547 e. The van der Waals surface area contributed by atoms with Crippen molar-refractivity contribution in [3.63, 3.8) is 0 Å². The highest BCUT2D eigenvalue weighted by molar-refractivity contribution is 6.22. The number of benzene rings is 8. The third-order valence-corrected chi connectivity index (χ3v) is 9.17. The van der Waals surface area contributed by atoms with E-state index in [9.17, 15) is 0 Å². The predicted molar refractivity (Wildman–Crippen MR) is 196 cm³/mol. The Morgan fingerprint density at radius 3 is 1.72 bits per heavy atom. The van der Waals surface area contributed by atoms with Crippen LogP contribution in [0.4, 0.5) is 17.1 Å². The maximum Gasteiger partial charge on any atom is 0.0547 e. The molecule has 0 bridgehead atoms. The first-order valence-corrected chi connectivity index (χ1v) is 15.8. The predicted octanol–water partition coefficient (Wildman–Crippen LogP) is 12.2. The zero-order valence-electron chi connectivity index (χ0n) is 25.2. The summed E-state index contributed by atoms with van der Waals surface area (Å²) in [7, 11) is 0. The van der Waals surface area contributed by atoms with Gasteiger partial charge in [-0.25, -0.2) is 0 Å². The molecule has 0 spiro atoms. The second-order valence-corrected chi connectivity index (χ2v) is 11.8. The molecule has 9 aromatic rings. The molecule has 2 heteroatoms. The van der Waals surface area contributed by atoms with Gasteiger partial charge in [-0.2, -0.15) is 0 Å². The molecule has 0 aliphatic heterocycles. The van der Waals surface area contributed by atoms with Gasteiger partial charge in [0.25, 0.3) is 0 Å². The van der Waals surface area contributed by atoms with Crippen LogP contribution < -0.4 is 4.90 Å². The zero-order valence-corrected chi connectivity index (χ0v) is 25.2. The van der Waals surface area contributed by atoms with Gasteiger partial charge in [-0.15, -0.1) is 0 Å². The third-order valence-electron chi connectivity index (χ3n) is 9.17. The van der Waals surface area contributed by atoms with Crippen molar-refractivity contribution in [1.82, 2.24) is 4.57 Å². The van der Waals surface area contributed by atoms with Crippen LogP contribution in [0.1, 0.15) is 0 Å². The molecule has 0 aliphatic carbocycles. The molecule has 0 N–H and O–H groups in total. The summed E-state index contributed by atoms with van der Waals surface area (Å²) in [5.74, 6) is 0. The molecular weight excluding hydrogens is 556 g/mol. The Balaban J connectivity index is 1.28. The summed E-state index contributed by atoms with van der Waals surface area (Å²) in [6.45, 7) is 0. The largest absolute Gasteiger partial charge is 0.310 e. The minimum absolute atomic E-state index is 1.12. The Morgan fingerprint density at radius 2 is 0.935 bits per heavy atom. The molecule has 0 aliphatic rings. The van der Waals surface area contributed by atoms with Crippen LogP contribution in [0.15, 0.2) is 182 Å². The highest BCUT2D eigenvalue weighted by Crippen LogP contribution is 2.43. The fourth-order valence-electron chi connectivity index (χ4n) is 7.09. The van der Waals surface area contributed by atoms with Crippen molar-refractivity contribution in [3.8, 4) is 16.8 Å². The van der Waals surface area contributed by atoms with Gasteiger partial charge in [0.15, 0.2) is 0 Å². The maximum atomic E-state index is 2.45. The average Bonchev–Trinajstić information content (AvgIpc) is 3.48. The van der Waals surface area contributed by atoms with Crippen LogP contribution >= 0.6 is 0 Å². The fourth-order valence-corrected chi connectivity index (χ4v) is 7.09. The molecule has 0 saturated carbocycles. The normalized spacial score (nSPS) is 11.5. The van der Waals surface area contributed by atoms with Gasteiger partial charge in [-0.3, -0.25) is 0 Å². The van der Waals surface area contributed by atoms with Gasteiger partial charge in [-0.1, -0.05) is 133 Å². The molecule has 0 saturated heterocycles. The number of hydrogen-bond donors (Lipinski definition) is 0. The maximum absolute atomic E-state index is 2.45. The van der Waals surface area contributed by atoms with E-state index in [1.54, 1.807) is 0 Å². The Bertz CT molecular complexity index is 2510. The number of para-hydroxylation sites is 2. The van der Waals surface area contributed by atoms with Crippen LogP contribution in [0.25, 0.3) is 60.2 Å².